The van der Waals surface area contributed by atoms with Crippen LogP contribution in [0.25, 0.3) is 0 Å². The van der Waals surface area contributed by atoms with Crippen LogP contribution < -0.4 is 0 Å². The summed E-state index contributed by atoms with van der Waals surface area (Å²) in [6, 6.07) is 0. The molecule has 0 spiro atoms. The van der Waals surface area contributed by atoms with Crippen LogP contribution in [0, 0.1) is 10.8 Å². The predicted molar refractivity (Wildman–Crippen MR) is 56.0 cm³/mol. The lowest BCUT2D eigenvalue weighted by atomic mass is 9.95. The van der Waals surface area contributed by atoms with E-state index in [1.807, 2.05) is 22.6 Å². The summed E-state index contributed by atoms with van der Waals surface area (Å²) < 4.78 is 13.7. The summed E-state index contributed by atoms with van der Waals surface area (Å²) >= 11 is 1.86. The smallest absolute Gasteiger partial charge is 0.141 e. The zero-order chi connectivity index (χ0) is 9.46. The second-order valence-corrected chi connectivity index (χ2v) is 3.71. The van der Waals surface area contributed by atoms with Crippen molar-refractivity contribution in [3.63, 3.8) is 0 Å². The maximum atomic E-state index is 13.2. The molecule has 0 amide bonds. The molecule has 0 saturated heterocycles. The summed E-state index contributed by atoms with van der Waals surface area (Å²) in [7, 11) is 0. The average Bonchev–Trinajstić information content (AvgIpc) is 2.08. The molecule has 0 aromatic rings. The van der Waals surface area contributed by atoms with E-state index in [1.165, 1.54) is 6.92 Å². The molecule has 2 nitrogen and oxygen atoms in total. The Kier molecular flexibility index (Phi) is 2.46. The summed E-state index contributed by atoms with van der Waals surface area (Å²) in [5.74, 6) is -0.367. The number of rotatable bonds is 0. The molecular formula is C8H8FIN2. The first-order chi connectivity index (χ1) is 5.46. The van der Waals surface area contributed by atoms with Gasteiger partial charge in [-0.2, -0.15) is 0 Å². The third kappa shape index (κ3) is 1.24. The molecule has 0 fully saturated rings. The maximum absolute atomic E-state index is 13.2. The number of allylic oxidation sites excluding steroid dienone is 4. The molecule has 0 radical (unpaired) electrons. The molecule has 64 valence electrons. The fraction of sp³-hybridized carbons (Fsp3) is 0.250. The van der Waals surface area contributed by atoms with Crippen LogP contribution in [0.5, 0.6) is 0 Å². The Bertz CT molecular complexity index is 290. The van der Waals surface area contributed by atoms with Crippen LogP contribution in [0.1, 0.15) is 13.8 Å². The van der Waals surface area contributed by atoms with E-state index in [4.69, 9.17) is 10.8 Å². The van der Waals surface area contributed by atoms with Gasteiger partial charge in [0.1, 0.15) is 5.83 Å². The fourth-order valence-corrected chi connectivity index (χ4v) is 1.60. The van der Waals surface area contributed by atoms with Crippen molar-refractivity contribution < 1.29 is 4.39 Å². The monoisotopic (exact) mass is 278 g/mol. The molecule has 0 bridgehead atoms. The van der Waals surface area contributed by atoms with Crippen LogP contribution in [-0.4, -0.2) is 11.4 Å². The third-order valence-corrected chi connectivity index (χ3v) is 3.13. The molecule has 0 saturated carbocycles. The first-order valence-electron chi connectivity index (χ1n) is 3.38. The first-order valence-corrected chi connectivity index (χ1v) is 4.46. The Morgan fingerprint density at radius 2 is 1.50 bits per heavy atom. The van der Waals surface area contributed by atoms with Gasteiger partial charge in [0.25, 0.3) is 0 Å². The van der Waals surface area contributed by atoms with Crippen molar-refractivity contribution >= 4 is 34.0 Å². The van der Waals surface area contributed by atoms with Gasteiger partial charge < -0.3 is 0 Å². The SMILES string of the molecule is CC1=C(F)C(I)=C(C)C(=N)C1=N. The lowest BCUT2D eigenvalue weighted by Crippen LogP contribution is -2.20. The lowest BCUT2D eigenvalue weighted by molar-refractivity contribution is 0.656. The minimum absolute atomic E-state index is 0.00887. The number of halogens is 2. The van der Waals surface area contributed by atoms with E-state index in [9.17, 15) is 4.39 Å². The van der Waals surface area contributed by atoms with Crippen LogP contribution in [0.4, 0.5) is 4.39 Å². The number of hydrogen-bond donors (Lipinski definition) is 2. The van der Waals surface area contributed by atoms with Gasteiger partial charge in [-0.3, -0.25) is 10.8 Å². The molecule has 1 aliphatic rings. The molecule has 4 heteroatoms. The summed E-state index contributed by atoms with van der Waals surface area (Å²) in [5.41, 5.74) is 0.919. The molecule has 2 N–H and O–H groups in total. The molecule has 0 atom stereocenters. The van der Waals surface area contributed by atoms with Gasteiger partial charge in [-0.25, -0.2) is 4.39 Å². The van der Waals surface area contributed by atoms with E-state index in [0.717, 1.165) is 0 Å². The van der Waals surface area contributed by atoms with Gasteiger partial charge in [0.2, 0.25) is 0 Å². The predicted octanol–water partition coefficient (Wildman–Crippen LogP) is 2.99. The lowest BCUT2D eigenvalue weighted by Gasteiger charge is -2.15. The molecule has 1 aliphatic carbocycles. The van der Waals surface area contributed by atoms with Crippen molar-refractivity contribution in [2.75, 3.05) is 0 Å². The van der Waals surface area contributed by atoms with Crippen molar-refractivity contribution in [1.82, 2.24) is 0 Å². The Morgan fingerprint density at radius 3 is 2.00 bits per heavy atom. The summed E-state index contributed by atoms with van der Waals surface area (Å²) in [5, 5.41) is 14.9. The van der Waals surface area contributed by atoms with E-state index >= 15 is 0 Å². The van der Waals surface area contributed by atoms with Gasteiger partial charge in [0.15, 0.2) is 0 Å². The highest BCUT2D eigenvalue weighted by molar-refractivity contribution is 14.1. The van der Waals surface area contributed by atoms with E-state index < -0.39 is 0 Å². The van der Waals surface area contributed by atoms with Crippen molar-refractivity contribution in [2.24, 2.45) is 0 Å². The second kappa shape index (κ2) is 3.08. The van der Waals surface area contributed by atoms with E-state index in [1.54, 1.807) is 6.92 Å². The van der Waals surface area contributed by atoms with Gasteiger partial charge in [0, 0.05) is 5.57 Å². The first kappa shape index (κ1) is 9.57. The molecule has 0 unspecified atom stereocenters. The van der Waals surface area contributed by atoms with Crippen LogP contribution >= 0.6 is 22.6 Å². The average molecular weight is 278 g/mol. The second-order valence-electron chi connectivity index (χ2n) is 2.63. The van der Waals surface area contributed by atoms with Crippen molar-refractivity contribution in [1.29, 1.82) is 10.8 Å². The normalized spacial score (nSPS) is 19.3. The molecular weight excluding hydrogens is 270 g/mol. The van der Waals surface area contributed by atoms with Crippen LogP contribution in [0.3, 0.4) is 0 Å². The number of nitrogens with one attached hydrogen (secondary N) is 2. The van der Waals surface area contributed by atoms with Gasteiger partial charge in [-0.1, -0.05) is 0 Å². The summed E-state index contributed by atoms with van der Waals surface area (Å²) in [6.07, 6.45) is 0. The van der Waals surface area contributed by atoms with Gasteiger partial charge in [-0.05, 0) is 42.0 Å². The number of hydrogen-bond acceptors (Lipinski definition) is 2. The zero-order valence-electron chi connectivity index (χ0n) is 6.76. The standard InChI is InChI=1S/C8H8FIN2/c1-3-5(9)6(10)4(2)8(12)7(3)11/h11-12H,1-2H3. The molecule has 12 heavy (non-hydrogen) atoms. The Morgan fingerprint density at radius 1 is 1.08 bits per heavy atom. The Hall–Kier alpha value is -0.520. The highest BCUT2D eigenvalue weighted by atomic mass is 127. The molecule has 0 aromatic heterocycles. The van der Waals surface area contributed by atoms with Gasteiger partial charge in [-0.15, -0.1) is 0 Å². The minimum atomic E-state index is -0.367. The highest BCUT2D eigenvalue weighted by Crippen LogP contribution is 2.31. The van der Waals surface area contributed by atoms with Crippen molar-refractivity contribution in [3.8, 4) is 0 Å². The summed E-state index contributed by atoms with van der Waals surface area (Å²) in [4.78, 5) is 0. The van der Waals surface area contributed by atoms with Crippen molar-refractivity contribution in [3.05, 3.63) is 20.6 Å². The summed E-state index contributed by atoms with van der Waals surface area (Å²) in [6.45, 7) is 3.18. The zero-order valence-corrected chi connectivity index (χ0v) is 8.91. The van der Waals surface area contributed by atoms with E-state index in [-0.39, 0.29) is 22.8 Å². The minimum Gasteiger partial charge on any atom is -0.298 e. The van der Waals surface area contributed by atoms with Gasteiger partial charge >= 0.3 is 0 Å². The quantitative estimate of drug-likeness (QED) is 0.505. The van der Waals surface area contributed by atoms with Crippen LogP contribution in [-0.2, 0) is 0 Å². The van der Waals surface area contributed by atoms with Crippen molar-refractivity contribution in [2.45, 2.75) is 13.8 Å². The van der Waals surface area contributed by atoms with E-state index in [2.05, 4.69) is 0 Å². The van der Waals surface area contributed by atoms with Crippen LogP contribution in [0.2, 0.25) is 0 Å². The molecule has 0 heterocycles. The largest absolute Gasteiger partial charge is 0.298 e. The van der Waals surface area contributed by atoms with E-state index in [0.29, 0.717) is 9.15 Å². The topological polar surface area (TPSA) is 47.7 Å². The molecule has 1 rings (SSSR count). The van der Waals surface area contributed by atoms with Crippen LogP contribution in [0.15, 0.2) is 20.6 Å². The Labute approximate surface area is 83.7 Å². The fourth-order valence-electron chi connectivity index (χ4n) is 0.924. The Balaban J connectivity index is 3.37. The molecule has 0 aliphatic heterocycles. The highest BCUT2D eigenvalue weighted by Gasteiger charge is 2.23. The molecule has 0 aromatic carbocycles. The third-order valence-electron chi connectivity index (χ3n) is 1.85. The maximum Gasteiger partial charge on any atom is 0.141 e. The van der Waals surface area contributed by atoms with Gasteiger partial charge in [0.05, 0.1) is 15.0 Å².